The molecule has 1 aromatic rings. The molecule has 0 saturated carbocycles. The highest BCUT2D eigenvalue weighted by atomic mass is 19.1. The minimum atomic E-state index is -0.135. The summed E-state index contributed by atoms with van der Waals surface area (Å²) in [5.41, 5.74) is 1.89. The third kappa shape index (κ3) is 3.46. The summed E-state index contributed by atoms with van der Waals surface area (Å²) in [5, 5.41) is 8.59. The molecule has 1 nitrogen and oxygen atoms in total. The molecule has 2 heteroatoms. The van der Waals surface area contributed by atoms with E-state index in [1.165, 1.54) is 11.6 Å². The zero-order chi connectivity index (χ0) is 10.4. The second-order valence-corrected chi connectivity index (χ2v) is 3.62. The van der Waals surface area contributed by atoms with Gasteiger partial charge in [0.2, 0.25) is 0 Å². The van der Waals surface area contributed by atoms with Crippen molar-refractivity contribution in [1.29, 1.82) is 0 Å². The van der Waals surface area contributed by atoms with Gasteiger partial charge in [0, 0.05) is 6.61 Å². The van der Waals surface area contributed by atoms with Crippen molar-refractivity contribution in [2.24, 2.45) is 0 Å². The third-order valence-electron chi connectivity index (χ3n) is 2.35. The van der Waals surface area contributed by atoms with Crippen molar-refractivity contribution in [2.75, 3.05) is 6.61 Å². The van der Waals surface area contributed by atoms with Gasteiger partial charge in [0.25, 0.3) is 0 Å². The highest BCUT2D eigenvalue weighted by molar-refractivity contribution is 5.23. The smallest absolute Gasteiger partial charge is 0.126 e. The molecular formula is C12H17FO. The summed E-state index contributed by atoms with van der Waals surface area (Å²) in [7, 11) is 0. The minimum absolute atomic E-state index is 0.135. The van der Waals surface area contributed by atoms with Crippen molar-refractivity contribution in [3.63, 3.8) is 0 Å². The third-order valence-corrected chi connectivity index (χ3v) is 2.35. The molecule has 0 amide bonds. The lowest BCUT2D eigenvalue weighted by molar-refractivity contribution is 0.283. The first-order chi connectivity index (χ1) is 6.74. The zero-order valence-corrected chi connectivity index (χ0v) is 8.59. The van der Waals surface area contributed by atoms with Crippen LogP contribution in [0.25, 0.3) is 0 Å². The number of benzene rings is 1. The van der Waals surface area contributed by atoms with Crippen molar-refractivity contribution in [3.8, 4) is 0 Å². The van der Waals surface area contributed by atoms with Gasteiger partial charge >= 0.3 is 0 Å². The largest absolute Gasteiger partial charge is 0.396 e. The van der Waals surface area contributed by atoms with Gasteiger partial charge in [0.05, 0.1) is 0 Å². The standard InChI is InChI=1S/C12H17FO/c1-10-9-11(6-7-12(10)13)5-3-2-4-8-14/h6-7,9,14H,2-5,8H2,1H3. The predicted octanol–water partition coefficient (Wildman–Crippen LogP) is 2.84. The van der Waals surface area contributed by atoms with E-state index >= 15 is 0 Å². The number of aliphatic hydroxyl groups excluding tert-OH is 1. The van der Waals surface area contributed by atoms with E-state index in [1.807, 2.05) is 12.1 Å². The molecule has 0 aliphatic carbocycles. The molecule has 0 radical (unpaired) electrons. The molecule has 1 rings (SSSR count). The first-order valence-electron chi connectivity index (χ1n) is 5.10. The summed E-state index contributed by atoms with van der Waals surface area (Å²) < 4.78 is 12.9. The van der Waals surface area contributed by atoms with Gasteiger partial charge < -0.3 is 5.11 Å². The molecule has 78 valence electrons. The molecule has 1 aromatic carbocycles. The van der Waals surface area contributed by atoms with Crippen LogP contribution in [0, 0.1) is 12.7 Å². The van der Waals surface area contributed by atoms with Crippen molar-refractivity contribution < 1.29 is 9.50 Å². The van der Waals surface area contributed by atoms with Crippen LogP contribution in [-0.4, -0.2) is 11.7 Å². The van der Waals surface area contributed by atoms with E-state index in [1.54, 1.807) is 6.92 Å². The summed E-state index contributed by atoms with van der Waals surface area (Å²) >= 11 is 0. The maximum atomic E-state index is 12.9. The topological polar surface area (TPSA) is 20.2 Å². The van der Waals surface area contributed by atoms with Gasteiger partial charge in [-0.05, 0) is 43.4 Å². The molecule has 14 heavy (non-hydrogen) atoms. The second kappa shape index (κ2) is 5.76. The van der Waals surface area contributed by atoms with Gasteiger partial charge in [0.15, 0.2) is 0 Å². The summed E-state index contributed by atoms with van der Waals surface area (Å²) in [5.74, 6) is -0.135. The molecule has 0 fully saturated rings. The van der Waals surface area contributed by atoms with Crippen LogP contribution in [0.15, 0.2) is 18.2 Å². The number of hydrogen-bond donors (Lipinski definition) is 1. The van der Waals surface area contributed by atoms with Gasteiger partial charge in [-0.2, -0.15) is 0 Å². The van der Waals surface area contributed by atoms with Crippen molar-refractivity contribution in [3.05, 3.63) is 35.1 Å². The lowest BCUT2D eigenvalue weighted by Gasteiger charge is -2.03. The van der Waals surface area contributed by atoms with Crippen LogP contribution < -0.4 is 0 Å². The number of rotatable bonds is 5. The highest BCUT2D eigenvalue weighted by Gasteiger charge is 1.98. The zero-order valence-electron chi connectivity index (χ0n) is 8.59. The van der Waals surface area contributed by atoms with Gasteiger partial charge in [-0.25, -0.2) is 4.39 Å². The van der Waals surface area contributed by atoms with Gasteiger partial charge in [-0.1, -0.05) is 18.6 Å². The van der Waals surface area contributed by atoms with Crippen LogP contribution in [0.3, 0.4) is 0 Å². The van der Waals surface area contributed by atoms with E-state index in [-0.39, 0.29) is 12.4 Å². The Labute approximate surface area is 84.6 Å². The van der Waals surface area contributed by atoms with E-state index in [9.17, 15) is 4.39 Å². The number of aryl methyl sites for hydroxylation is 2. The second-order valence-electron chi connectivity index (χ2n) is 3.62. The van der Waals surface area contributed by atoms with Crippen LogP contribution in [-0.2, 0) is 6.42 Å². The Kier molecular flexibility index (Phi) is 4.60. The van der Waals surface area contributed by atoms with Gasteiger partial charge in [0.1, 0.15) is 5.82 Å². The van der Waals surface area contributed by atoms with E-state index in [4.69, 9.17) is 5.11 Å². The average molecular weight is 196 g/mol. The van der Waals surface area contributed by atoms with Crippen molar-refractivity contribution >= 4 is 0 Å². The predicted molar refractivity (Wildman–Crippen MR) is 55.8 cm³/mol. The molecule has 1 N–H and O–H groups in total. The Morgan fingerprint density at radius 1 is 1.21 bits per heavy atom. The highest BCUT2D eigenvalue weighted by Crippen LogP contribution is 2.12. The number of halogens is 1. The molecule has 0 heterocycles. The van der Waals surface area contributed by atoms with Crippen LogP contribution in [0.1, 0.15) is 30.4 Å². The first kappa shape index (κ1) is 11.2. The van der Waals surface area contributed by atoms with Crippen LogP contribution in [0.2, 0.25) is 0 Å². The fourth-order valence-electron chi connectivity index (χ4n) is 1.48. The van der Waals surface area contributed by atoms with Crippen LogP contribution >= 0.6 is 0 Å². The summed E-state index contributed by atoms with van der Waals surface area (Å²) in [6.07, 6.45) is 3.93. The number of hydrogen-bond acceptors (Lipinski definition) is 1. The molecule has 0 aliphatic heterocycles. The first-order valence-corrected chi connectivity index (χ1v) is 5.10. The Bertz CT molecular complexity index is 284. The molecule has 0 bridgehead atoms. The van der Waals surface area contributed by atoms with Crippen LogP contribution in [0.4, 0.5) is 4.39 Å². The SMILES string of the molecule is Cc1cc(CCCCCO)ccc1F. The van der Waals surface area contributed by atoms with Gasteiger partial charge in [-0.3, -0.25) is 0 Å². The summed E-state index contributed by atoms with van der Waals surface area (Å²) in [6, 6.07) is 5.26. The molecule has 0 aromatic heterocycles. The number of unbranched alkanes of at least 4 members (excludes halogenated alkanes) is 2. The Hall–Kier alpha value is -0.890. The van der Waals surface area contributed by atoms with E-state index in [0.717, 1.165) is 25.7 Å². The average Bonchev–Trinajstić information content (AvgIpc) is 2.18. The van der Waals surface area contributed by atoms with E-state index in [0.29, 0.717) is 5.56 Å². The van der Waals surface area contributed by atoms with Crippen molar-refractivity contribution in [2.45, 2.75) is 32.6 Å². The normalized spacial score (nSPS) is 10.5. The number of aliphatic hydroxyl groups is 1. The maximum absolute atomic E-state index is 12.9. The molecule has 0 atom stereocenters. The monoisotopic (exact) mass is 196 g/mol. The van der Waals surface area contributed by atoms with Crippen molar-refractivity contribution in [1.82, 2.24) is 0 Å². The summed E-state index contributed by atoms with van der Waals surface area (Å²) in [6.45, 7) is 2.05. The van der Waals surface area contributed by atoms with E-state index in [2.05, 4.69) is 0 Å². The van der Waals surface area contributed by atoms with E-state index < -0.39 is 0 Å². The molecule has 0 saturated heterocycles. The van der Waals surface area contributed by atoms with Gasteiger partial charge in [-0.15, -0.1) is 0 Å². The minimum Gasteiger partial charge on any atom is -0.396 e. The lowest BCUT2D eigenvalue weighted by atomic mass is 10.0. The fraction of sp³-hybridized carbons (Fsp3) is 0.500. The Morgan fingerprint density at radius 2 is 2.00 bits per heavy atom. The lowest BCUT2D eigenvalue weighted by Crippen LogP contribution is -1.90. The van der Waals surface area contributed by atoms with Crippen LogP contribution in [0.5, 0.6) is 0 Å². The molecule has 0 aliphatic rings. The Balaban J connectivity index is 2.39. The maximum Gasteiger partial charge on any atom is 0.126 e. The Morgan fingerprint density at radius 3 is 2.64 bits per heavy atom. The summed E-state index contributed by atoms with van der Waals surface area (Å²) in [4.78, 5) is 0. The fourth-order valence-corrected chi connectivity index (χ4v) is 1.48. The molecular weight excluding hydrogens is 179 g/mol. The molecule has 0 spiro atoms. The quantitative estimate of drug-likeness (QED) is 0.718. The molecule has 0 unspecified atom stereocenters.